The second-order valence-corrected chi connectivity index (χ2v) is 4.02. The van der Waals surface area contributed by atoms with Crippen molar-refractivity contribution < 1.29 is 0 Å². The zero-order valence-electron chi connectivity index (χ0n) is 8.31. The van der Waals surface area contributed by atoms with Crippen LogP contribution in [0.15, 0.2) is 30.6 Å². The number of hydrogen-bond donors (Lipinski definition) is 1. The summed E-state index contributed by atoms with van der Waals surface area (Å²) in [6, 6.07) is 8.21. The second-order valence-electron chi connectivity index (χ2n) is 3.35. The number of nitrogens with zero attached hydrogens (tertiary/aromatic N) is 2. The Morgan fingerprint density at radius 1 is 1.33 bits per heavy atom. The van der Waals surface area contributed by atoms with Crippen molar-refractivity contribution in [1.82, 2.24) is 9.55 Å². The third kappa shape index (κ3) is 2.03. The first-order valence-corrected chi connectivity index (χ1v) is 5.63. The van der Waals surface area contributed by atoms with E-state index in [0.29, 0.717) is 10.9 Å². The van der Waals surface area contributed by atoms with Crippen LogP contribution in [0.2, 0.25) is 5.15 Å². The number of halogens is 1. The third-order valence-electron chi connectivity index (χ3n) is 2.28. The van der Waals surface area contributed by atoms with Gasteiger partial charge >= 0.3 is 0 Å². The lowest BCUT2D eigenvalue weighted by Crippen LogP contribution is -1.96. The van der Waals surface area contributed by atoms with Gasteiger partial charge in [-0.2, -0.15) is 12.6 Å². The molecular formula is C11H11ClN2S. The first kappa shape index (κ1) is 10.6. The normalized spacial score (nSPS) is 10.6. The van der Waals surface area contributed by atoms with Gasteiger partial charge in [-0.3, -0.25) is 0 Å². The highest BCUT2D eigenvalue weighted by atomic mass is 35.5. The summed E-state index contributed by atoms with van der Waals surface area (Å²) < 4.78 is 1.95. The Balaban J connectivity index is 2.49. The van der Waals surface area contributed by atoms with E-state index in [2.05, 4.69) is 36.7 Å². The molecule has 0 saturated carbocycles. The van der Waals surface area contributed by atoms with Crippen molar-refractivity contribution in [2.75, 3.05) is 0 Å². The molecule has 0 unspecified atom stereocenters. The fourth-order valence-corrected chi connectivity index (χ4v) is 2.02. The molecule has 4 heteroatoms. The molecular weight excluding hydrogens is 228 g/mol. The molecule has 15 heavy (non-hydrogen) atoms. The van der Waals surface area contributed by atoms with Gasteiger partial charge in [0.25, 0.3) is 0 Å². The van der Waals surface area contributed by atoms with E-state index in [1.807, 2.05) is 16.7 Å². The molecule has 2 aromatic rings. The summed E-state index contributed by atoms with van der Waals surface area (Å²) in [5.41, 5.74) is 3.21. The van der Waals surface area contributed by atoms with Gasteiger partial charge in [0.15, 0.2) is 5.15 Å². The molecule has 0 N–H and O–H groups in total. The largest absolute Gasteiger partial charge is 0.301 e. The highest BCUT2D eigenvalue weighted by Crippen LogP contribution is 2.20. The molecule has 0 spiro atoms. The van der Waals surface area contributed by atoms with Gasteiger partial charge in [0.1, 0.15) is 6.33 Å². The van der Waals surface area contributed by atoms with Crippen molar-refractivity contribution >= 4 is 24.2 Å². The van der Waals surface area contributed by atoms with Gasteiger partial charge in [0.05, 0.1) is 5.69 Å². The maximum absolute atomic E-state index is 5.95. The summed E-state index contributed by atoms with van der Waals surface area (Å²) in [6.07, 6.45) is 1.72. The summed E-state index contributed by atoms with van der Waals surface area (Å²) in [7, 11) is 0. The summed E-state index contributed by atoms with van der Waals surface area (Å²) in [5.74, 6) is 0.576. The topological polar surface area (TPSA) is 17.8 Å². The zero-order valence-corrected chi connectivity index (χ0v) is 9.96. The van der Waals surface area contributed by atoms with Crippen LogP contribution in [-0.4, -0.2) is 9.55 Å². The number of hydrogen-bond acceptors (Lipinski definition) is 2. The van der Waals surface area contributed by atoms with Crippen molar-refractivity contribution in [3.05, 3.63) is 47.0 Å². The molecule has 0 aliphatic carbocycles. The smallest absolute Gasteiger partial charge is 0.151 e. The lowest BCUT2D eigenvalue weighted by Gasteiger charge is -2.06. The van der Waals surface area contributed by atoms with E-state index in [9.17, 15) is 0 Å². The van der Waals surface area contributed by atoms with Gasteiger partial charge in [-0.25, -0.2) is 4.98 Å². The molecule has 0 atom stereocenters. The Kier molecular flexibility index (Phi) is 3.03. The number of aryl methyl sites for hydroxylation is 1. The van der Waals surface area contributed by atoms with Gasteiger partial charge < -0.3 is 4.57 Å². The predicted molar refractivity (Wildman–Crippen MR) is 66.0 cm³/mol. The minimum Gasteiger partial charge on any atom is -0.301 e. The first-order chi connectivity index (χ1) is 7.22. The molecule has 0 amide bonds. The third-order valence-corrected chi connectivity index (χ3v) is 2.89. The van der Waals surface area contributed by atoms with Crippen LogP contribution in [0, 0.1) is 6.92 Å². The van der Waals surface area contributed by atoms with Gasteiger partial charge in [-0.05, 0) is 19.1 Å². The summed E-state index contributed by atoms with van der Waals surface area (Å²) in [6.45, 7) is 2.06. The van der Waals surface area contributed by atoms with Crippen molar-refractivity contribution in [1.29, 1.82) is 0 Å². The predicted octanol–water partition coefficient (Wildman–Crippen LogP) is 3.26. The molecule has 0 saturated heterocycles. The fourth-order valence-electron chi connectivity index (χ4n) is 1.42. The van der Waals surface area contributed by atoms with Crippen LogP contribution in [-0.2, 0) is 5.75 Å². The fraction of sp³-hybridized carbons (Fsp3) is 0.182. The van der Waals surface area contributed by atoms with Gasteiger partial charge in [0, 0.05) is 11.4 Å². The lowest BCUT2D eigenvalue weighted by atomic mass is 10.2. The standard InChI is InChI=1S/C11H11ClN2S/c1-8-2-4-9(5-3-8)14-7-13-11(12)10(14)6-15/h2-5,7,15H,6H2,1H3. The zero-order chi connectivity index (χ0) is 10.8. The quantitative estimate of drug-likeness (QED) is 0.796. The second kappa shape index (κ2) is 4.29. The average Bonchev–Trinajstić information content (AvgIpc) is 2.61. The molecule has 78 valence electrons. The number of aromatic nitrogens is 2. The van der Waals surface area contributed by atoms with E-state index in [1.54, 1.807) is 6.33 Å². The van der Waals surface area contributed by atoms with Crippen molar-refractivity contribution in [3.63, 3.8) is 0 Å². The van der Waals surface area contributed by atoms with Crippen LogP contribution in [0.5, 0.6) is 0 Å². The van der Waals surface area contributed by atoms with E-state index in [1.165, 1.54) is 5.56 Å². The molecule has 0 fully saturated rings. The number of thiol groups is 1. The van der Waals surface area contributed by atoms with Crippen LogP contribution in [0.1, 0.15) is 11.3 Å². The lowest BCUT2D eigenvalue weighted by molar-refractivity contribution is 0.995. The van der Waals surface area contributed by atoms with E-state index in [-0.39, 0.29) is 0 Å². The van der Waals surface area contributed by atoms with Crippen LogP contribution in [0.25, 0.3) is 5.69 Å². The van der Waals surface area contributed by atoms with Crippen LogP contribution < -0.4 is 0 Å². The maximum Gasteiger partial charge on any atom is 0.151 e. The Morgan fingerprint density at radius 3 is 2.60 bits per heavy atom. The molecule has 0 bridgehead atoms. The Morgan fingerprint density at radius 2 is 2.00 bits per heavy atom. The number of imidazole rings is 1. The van der Waals surface area contributed by atoms with Crippen molar-refractivity contribution in [2.45, 2.75) is 12.7 Å². The molecule has 1 aromatic carbocycles. The summed E-state index contributed by atoms with van der Waals surface area (Å²) in [5, 5.41) is 0.519. The van der Waals surface area contributed by atoms with Gasteiger partial charge in [-0.1, -0.05) is 29.3 Å². The number of benzene rings is 1. The molecule has 1 aromatic heterocycles. The summed E-state index contributed by atoms with van der Waals surface area (Å²) >= 11 is 10.2. The monoisotopic (exact) mass is 238 g/mol. The molecule has 0 radical (unpaired) electrons. The minimum absolute atomic E-state index is 0.519. The SMILES string of the molecule is Cc1ccc(-n2cnc(Cl)c2CS)cc1. The van der Waals surface area contributed by atoms with Crippen LogP contribution in [0.3, 0.4) is 0 Å². The van der Waals surface area contributed by atoms with Crippen LogP contribution in [0.4, 0.5) is 0 Å². The van der Waals surface area contributed by atoms with E-state index < -0.39 is 0 Å². The summed E-state index contributed by atoms with van der Waals surface area (Å²) in [4.78, 5) is 4.07. The van der Waals surface area contributed by atoms with E-state index in [0.717, 1.165) is 11.4 Å². The average molecular weight is 239 g/mol. The Hall–Kier alpha value is -0.930. The molecule has 0 aliphatic heterocycles. The van der Waals surface area contributed by atoms with Gasteiger partial charge in [0.2, 0.25) is 0 Å². The Bertz CT molecular complexity index is 462. The van der Waals surface area contributed by atoms with Crippen molar-refractivity contribution in [2.24, 2.45) is 0 Å². The van der Waals surface area contributed by atoms with Crippen molar-refractivity contribution in [3.8, 4) is 5.69 Å². The first-order valence-electron chi connectivity index (χ1n) is 4.62. The molecule has 2 nitrogen and oxygen atoms in total. The van der Waals surface area contributed by atoms with Gasteiger partial charge in [-0.15, -0.1) is 0 Å². The highest BCUT2D eigenvalue weighted by Gasteiger charge is 2.08. The Labute approximate surface area is 99.3 Å². The molecule has 0 aliphatic rings. The van der Waals surface area contributed by atoms with E-state index >= 15 is 0 Å². The number of rotatable bonds is 2. The highest BCUT2D eigenvalue weighted by molar-refractivity contribution is 7.79. The minimum atomic E-state index is 0.519. The van der Waals surface area contributed by atoms with Crippen LogP contribution >= 0.6 is 24.2 Å². The molecule has 1 heterocycles. The molecule has 2 rings (SSSR count). The maximum atomic E-state index is 5.95. The van der Waals surface area contributed by atoms with E-state index in [4.69, 9.17) is 11.6 Å².